The average molecular weight is 227 g/mol. The summed E-state index contributed by atoms with van der Waals surface area (Å²) in [5.74, 6) is 0. The zero-order valence-electron chi connectivity index (χ0n) is 7.54. The number of nitrogens with zero attached hydrogens (tertiary/aromatic N) is 3. The van der Waals surface area contributed by atoms with E-state index in [1.165, 1.54) is 11.5 Å². The van der Waals surface area contributed by atoms with Crippen LogP contribution in [0.25, 0.3) is 0 Å². The molecule has 0 bridgehead atoms. The third kappa shape index (κ3) is 2.14. The summed E-state index contributed by atoms with van der Waals surface area (Å²) < 4.78 is 3.70. The predicted octanol–water partition coefficient (Wildman–Crippen LogP) is 1.58. The van der Waals surface area contributed by atoms with Gasteiger partial charge in [0.15, 0.2) is 0 Å². The molecule has 0 aliphatic heterocycles. The molecule has 0 aliphatic rings. The third-order valence-electron chi connectivity index (χ3n) is 1.79. The Kier molecular flexibility index (Phi) is 2.85. The van der Waals surface area contributed by atoms with Gasteiger partial charge < -0.3 is 5.11 Å². The SMILES string of the molecule is Cc1nc(CC(O)c2csnn2)cs1. The van der Waals surface area contributed by atoms with E-state index in [-0.39, 0.29) is 0 Å². The highest BCUT2D eigenvalue weighted by molar-refractivity contribution is 7.09. The van der Waals surface area contributed by atoms with Gasteiger partial charge in [-0.05, 0) is 18.5 Å². The maximum absolute atomic E-state index is 9.74. The molecule has 0 aromatic carbocycles. The first-order valence-electron chi connectivity index (χ1n) is 4.11. The summed E-state index contributed by atoms with van der Waals surface area (Å²) in [6.45, 7) is 1.95. The van der Waals surface area contributed by atoms with E-state index in [0.717, 1.165) is 10.7 Å². The molecule has 14 heavy (non-hydrogen) atoms. The summed E-state index contributed by atoms with van der Waals surface area (Å²) in [5, 5.41) is 18.3. The second kappa shape index (κ2) is 4.12. The van der Waals surface area contributed by atoms with Crippen LogP contribution in [0.4, 0.5) is 0 Å². The lowest BCUT2D eigenvalue weighted by molar-refractivity contribution is 0.172. The van der Waals surface area contributed by atoms with Crippen molar-refractivity contribution in [3.05, 3.63) is 27.2 Å². The fraction of sp³-hybridized carbons (Fsp3) is 0.375. The molecule has 0 saturated carbocycles. The Bertz CT molecular complexity index is 398. The van der Waals surface area contributed by atoms with Gasteiger partial charge in [-0.1, -0.05) is 4.49 Å². The quantitative estimate of drug-likeness (QED) is 0.865. The number of rotatable bonds is 3. The maximum Gasteiger partial charge on any atom is 0.104 e. The van der Waals surface area contributed by atoms with Crippen molar-refractivity contribution < 1.29 is 5.11 Å². The second-order valence-corrected chi connectivity index (χ2v) is 4.58. The van der Waals surface area contributed by atoms with Gasteiger partial charge in [0.05, 0.1) is 10.7 Å². The number of thiazole rings is 1. The van der Waals surface area contributed by atoms with Crippen molar-refractivity contribution >= 4 is 22.9 Å². The van der Waals surface area contributed by atoms with Gasteiger partial charge in [0, 0.05) is 17.2 Å². The molecular weight excluding hydrogens is 218 g/mol. The lowest BCUT2D eigenvalue weighted by Gasteiger charge is -2.03. The summed E-state index contributed by atoms with van der Waals surface area (Å²) in [6, 6.07) is 0. The normalized spacial score (nSPS) is 13.0. The van der Waals surface area contributed by atoms with Crippen molar-refractivity contribution in [3.63, 3.8) is 0 Å². The van der Waals surface area contributed by atoms with E-state index in [2.05, 4.69) is 14.6 Å². The lowest BCUT2D eigenvalue weighted by atomic mass is 10.2. The van der Waals surface area contributed by atoms with Crippen LogP contribution >= 0.6 is 22.9 Å². The standard InChI is InChI=1S/C8H9N3OS2/c1-5-9-6(3-13-5)2-8(12)7-4-14-11-10-7/h3-4,8,12H,2H2,1H3. The number of aliphatic hydroxyl groups excluding tert-OH is 1. The van der Waals surface area contributed by atoms with E-state index in [1.807, 2.05) is 12.3 Å². The molecule has 0 fully saturated rings. The summed E-state index contributed by atoms with van der Waals surface area (Å²) in [5.41, 5.74) is 1.54. The Labute approximate surface area is 89.4 Å². The molecule has 0 aliphatic carbocycles. The van der Waals surface area contributed by atoms with E-state index in [1.54, 1.807) is 16.7 Å². The first-order chi connectivity index (χ1) is 6.75. The Morgan fingerprint density at radius 2 is 2.36 bits per heavy atom. The topological polar surface area (TPSA) is 58.9 Å². The van der Waals surface area contributed by atoms with Gasteiger partial charge in [-0.2, -0.15) is 0 Å². The minimum absolute atomic E-state index is 0.510. The summed E-state index contributed by atoms with van der Waals surface area (Å²) in [7, 11) is 0. The Balaban J connectivity index is 2.05. The van der Waals surface area contributed by atoms with Gasteiger partial charge in [0.1, 0.15) is 11.8 Å². The van der Waals surface area contributed by atoms with Crippen LogP contribution in [0.3, 0.4) is 0 Å². The minimum Gasteiger partial charge on any atom is -0.386 e. The Morgan fingerprint density at radius 1 is 1.50 bits per heavy atom. The van der Waals surface area contributed by atoms with E-state index >= 15 is 0 Å². The first-order valence-corrected chi connectivity index (χ1v) is 5.83. The lowest BCUT2D eigenvalue weighted by Crippen LogP contribution is -2.02. The maximum atomic E-state index is 9.74. The van der Waals surface area contributed by atoms with Gasteiger partial charge >= 0.3 is 0 Å². The van der Waals surface area contributed by atoms with Crippen LogP contribution in [0, 0.1) is 6.92 Å². The molecule has 6 heteroatoms. The molecule has 1 atom stereocenters. The van der Waals surface area contributed by atoms with Crippen molar-refractivity contribution in [1.82, 2.24) is 14.6 Å². The van der Waals surface area contributed by atoms with Gasteiger partial charge in [-0.25, -0.2) is 4.98 Å². The largest absolute Gasteiger partial charge is 0.386 e. The van der Waals surface area contributed by atoms with Crippen molar-refractivity contribution in [3.8, 4) is 0 Å². The monoisotopic (exact) mass is 227 g/mol. The number of hydrogen-bond acceptors (Lipinski definition) is 6. The predicted molar refractivity (Wildman–Crippen MR) is 55.4 cm³/mol. The van der Waals surface area contributed by atoms with Crippen LogP contribution in [-0.2, 0) is 6.42 Å². The first kappa shape index (κ1) is 9.70. The molecule has 4 nitrogen and oxygen atoms in total. The second-order valence-electron chi connectivity index (χ2n) is 2.91. The van der Waals surface area contributed by atoms with Crippen LogP contribution in [0.5, 0.6) is 0 Å². The van der Waals surface area contributed by atoms with Crippen molar-refractivity contribution in [2.45, 2.75) is 19.4 Å². The minimum atomic E-state index is -0.588. The van der Waals surface area contributed by atoms with Gasteiger partial charge in [0.2, 0.25) is 0 Å². The molecule has 2 aromatic rings. The molecule has 2 rings (SSSR count). The van der Waals surface area contributed by atoms with Crippen LogP contribution in [-0.4, -0.2) is 19.7 Å². The number of aryl methyl sites for hydroxylation is 1. The van der Waals surface area contributed by atoms with Gasteiger partial charge in [-0.3, -0.25) is 0 Å². The van der Waals surface area contributed by atoms with Crippen LogP contribution in [0.2, 0.25) is 0 Å². The molecule has 0 spiro atoms. The Hall–Kier alpha value is -0.850. The van der Waals surface area contributed by atoms with Gasteiger partial charge in [-0.15, -0.1) is 16.4 Å². The van der Waals surface area contributed by atoms with Crippen LogP contribution in [0.15, 0.2) is 10.8 Å². The Morgan fingerprint density at radius 3 is 2.93 bits per heavy atom. The number of hydrogen-bond donors (Lipinski definition) is 1. The van der Waals surface area contributed by atoms with Crippen LogP contribution < -0.4 is 0 Å². The van der Waals surface area contributed by atoms with Gasteiger partial charge in [0.25, 0.3) is 0 Å². The summed E-state index contributed by atoms with van der Waals surface area (Å²) in [6.07, 6.45) is -0.0781. The molecule has 0 amide bonds. The van der Waals surface area contributed by atoms with Crippen molar-refractivity contribution in [1.29, 1.82) is 0 Å². The number of aromatic nitrogens is 3. The van der Waals surface area contributed by atoms with Crippen molar-refractivity contribution in [2.75, 3.05) is 0 Å². The zero-order chi connectivity index (χ0) is 9.97. The molecule has 74 valence electrons. The van der Waals surface area contributed by atoms with E-state index in [4.69, 9.17) is 0 Å². The summed E-state index contributed by atoms with van der Waals surface area (Å²) >= 11 is 2.83. The van der Waals surface area contributed by atoms with Crippen molar-refractivity contribution in [2.24, 2.45) is 0 Å². The van der Waals surface area contributed by atoms with E-state index in [0.29, 0.717) is 12.1 Å². The van der Waals surface area contributed by atoms with Crippen LogP contribution in [0.1, 0.15) is 22.5 Å². The molecule has 0 saturated heterocycles. The summed E-state index contributed by atoms with van der Waals surface area (Å²) in [4.78, 5) is 4.27. The smallest absolute Gasteiger partial charge is 0.104 e. The highest BCUT2D eigenvalue weighted by Crippen LogP contribution is 2.18. The molecular formula is C8H9N3OS2. The van der Waals surface area contributed by atoms with E-state index in [9.17, 15) is 5.11 Å². The fourth-order valence-corrected chi connectivity index (χ4v) is 2.25. The van der Waals surface area contributed by atoms with E-state index < -0.39 is 6.10 Å². The fourth-order valence-electron chi connectivity index (χ4n) is 1.12. The third-order valence-corrected chi connectivity index (χ3v) is 3.13. The molecule has 0 radical (unpaired) electrons. The molecule has 2 heterocycles. The molecule has 1 N–H and O–H groups in total. The highest BCUT2D eigenvalue weighted by Gasteiger charge is 2.12. The average Bonchev–Trinajstić information content (AvgIpc) is 2.75. The molecule has 1 unspecified atom stereocenters. The number of aliphatic hydroxyl groups is 1. The zero-order valence-corrected chi connectivity index (χ0v) is 9.18. The molecule has 2 aromatic heterocycles. The highest BCUT2D eigenvalue weighted by atomic mass is 32.1.